The van der Waals surface area contributed by atoms with Crippen LogP contribution in [0.5, 0.6) is 0 Å². The summed E-state index contributed by atoms with van der Waals surface area (Å²) in [5.74, 6) is 0. The minimum absolute atomic E-state index is 0. The van der Waals surface area contributed by atoms with Crippen molar-refractivity contribution in [3.8, 4) is 0 Å². The van der Waals surface area contributed by atoms with Gasteiger partial charge in [0, 0.05) is 20.6 Å². The van der Waals surface area contributed by atoms with Gasteiger partial charge in [-0.2, -0.15) is 0 Å². The van der Waals surface area contributed by atoms with Gasteiger partial charge in [-0.25, -0.2) is 0 Å². The molecule has 0 aliphatic heterocycles. The molecule has 0 radical (unpaired) electrons. The van der Waals surface area contributed by atoms with Crippen molar-refractivity contribution in [2.75, 3.05) is 19.5 Å². The summed E-state index contributed by atoms with van der Waals surface area (Å²) in [7, 11) is -0.664. The number of benzene rings is 1. The molecule has 0 fully saturated rings. The zero-order valence-corrected chi connectivity index (χ0v) is 12.4. The Labute approximate surface area is 106 Å². The average Bonchev–Trinajstić information content (AvgIpc) is 2.04. The zero-order valence-electron chi connectivity index (χ0n) is 9.33. The van der Waals surface area contributed by atoms with E-state index in [1.54, 1.807) is 0 Å². The van der Waals surface area contributed by atoms with Gasteiger partial charge in [0.25, 0.3) is 0 Å². The Balaban J connectivity index is 0.00000169. The van der Waals surface area contributed by atoms with Crippen molar-refractivity contribution in [1.82, 2.24) is 0 Å². The summed E-state index contributed by atoms with van der Waals surface area (Å²) >= 11 is 0. The minimum Gasteiger partial charge on any atom is -1.00 e. The van der Waals surface area contributed by atoms with Crippen molar-refractivity contribution < 1.29 is 24.0 Å². The van der Waals surface area contributed by atoms with Crippen molar-refractivity contribution in [2.24, 2.45) is 0 Å². The molecule has 0 spiro atoms. The van der Waals surface area contributed by atoms with E-state index in [0.29, 0.717) is 0 Å². The topological polar surface area (TPSA) is 0 Å². The van der Waals surface area contributed by atoms with Gasteiger partial charge in [0.2, 0.25) is 0 Å². The minimum atomic E-state index is -0.664. The van der Waals surface area contributed by atoms with Crippen molar-refractivity contribution >= 4 is 7.26 Å². The van der Waals surface area contributed by atoms with E-state index in [1.807, 2.05) is 0 Å². The quantitative estimate of drug-likeness (QED) is 0.570. The summed E-state index contributed by atoms with van der Waals surface area (Å²) in [5, 5.41) is 0. The molecule has 0 saturated heterocycles. The predicted molar refractivity (Wildman–Crippen MR) is 64.1 cm³/mol. The van der Waals surface area contributed by atoms with Crippen LogP contribution in [0.4, 0.5) is 0 Å². The average molecular weight is 322 g/mol. The first-order valence-electron chi connectivity index (χ1n) is 5.00. The summed E-state index contributed by atoms with van der Waals surface area (Å²) in [6.07, 6.45) is 4.05. The van der Waals surface area contributed by atoms with E-state index in [0.717, 1.165) is 0 Å². The highest BCUT2D eigenvalue weighted by Crippen LogP contribution is 2.54. The number of hydrogen-bond acceptors (Lipinski definition) is 0. The van der Waals surface area contributed by atoms with Crippen LogP contribution in [-0.4, -0.2) is 19.5 Å². The summed E-state index contributed by atoms with van der Waals surface area (Å²) in [6, 6.07) is 10.9. The Bertz CT molecular complexity index is 244. The van der Waals surface area contributed by atoms with Crippen molar-refractivity contribution in [1.29, 1.82) is 0 Å². The molecule has 0 bridgehead atoms. The van der Waals surface area contributed by atoms with E-state index < -0.39 is 7.26 Å². The van der Waals surface area contributed by atoms with Gasteiger partial charge in [0.15, 0.2) is 0 Å². The maximum absolute atomic E-state index is 2.46. The molecule has 0 saturated carbocycles. The summed E-state index contributed by atoms with van der Waals surface area (Å²) in [5.41, 5.74) is 1.51. The first kappa shape index (κ1) is 14.4. The SMILES string of the molecule is CCC[P+](C)(C)Cc1ccccc1.[I-]. The molecular formula is C12H20IP. The normalized spacial score (nSPS) is 10.8. The second-order valence-corrected chi connectivity index (χ2v) is 8.94. The lowest BCUT2D eigenvalue weighted by Crippen LogP contribution is -3.00. The van der Waals surface area contributed by atoms with Crippen LogP contribution in [-0.2, 0) is 6.16 Å². The highest BCUT2D eigenvalue weighted by atomic mass is 127. The van der Waals surface area contributed by atoms with Crippen molar-refractivity contribution in [3.05, 3.63) is 35.9 Å². The second-order valence-electron chi connectivity index (χ2n) is 4.30. The zero-order chi connectivity index (χ0) is 9.73. The highest BCUT2D eigenvalue weighted by Gasteiger charge is 2.23. The lowest BCUT2D eigenvalue weighted by Gasteiger charge is -2.17. The fourth-order valence-electron chi connectivity index (χ4n) is 1.76. The largest absolute Gasteiger partial charge is 1.00 e. The van der Waals surface area contributed by atoms with E-state index in [-0.39, 0.29) is 24.0 Å². The molecule has 1 aromatic carbocycles. The molecule has 0 aromatic heterocycles. The fraction of sp³-hybridized carbons (Fsp3) is 0.500. The van der Waals surface area contributed by atoms with Crippen LogP contribution in [0.25, 0.3) is 0 Å². The molecule has 0 N–H and O–H groups in total. The molecule has 0 heterocycles. The van der Waals surface area contributed by atoms with Crippen LogP contribution in [0.15, 0.2) is 30.3 Å². The standard InChI is InChI=1S/C12H20P.HI/c1-4-10-13(2,3)11-12-8-6-5-7-9-12;/h5-9H,4,10-11H2,1-3H3;1H/q+1;/p-1. The van der Waals surface area contributed by atoms with Gasteiger partial charge < -0.3 is 24.0 Å². The molecule has 0 nitrogen and oxygen atoms in total. The Morgan fingerprint density at radius 2 is 1.64 bits per heavy atom. The molecule has 0 amide bonds. The third-order valence-electron chi connectivity index (χ3n) is 2.28. The van der Waals surface area contributed by atoms with E-state index in [2.05, 4.69) is 50.6 Å². The van der Waals surface area contributed by atoms with Crippen LogP contribution in [0, 0.1) is 0 Å². The van der Waals surface area contributed by atoms with Gasteiger partial charge in [-0.1, -0.05) is 37.3 Å². The molecular weight excluding hydrogens is 302 g/mol. The monoisotopic (exact) mass is 322 g/mol. The Hall–Kier alpha value is 0.380. The lowest BCUT2D eigenvalue weighted by molar-refractivity contribution is -0.00000305. The molecule has 1 aromatic rings. The molecule has 0 atom stereocenters. The molecule has 80 valence electrons. The van der Waals surface area contributed by atoms with Gasteiger partial charge in [-0.05, 0) is 12.0 Å². The molecule has 2 heteroatoms. The van der Waals surface area contributed by atoms with Crippen LogP contribution in [0.1, 0.15) is 18.9 Å². The van der Waals surface area contributed by atoms with Gasteiger partial charge >= 0.3 is 0 Å². The molecule has 1 rings (SSSR count). The van der Waals surface area contributed by atoms with Crippen LogP contribution >= 0.6 is 7.26 Å². The highest BCUT2D eigenvalue weighted by molar-refractivity contribution is 7.73. The van der Waals surface area contributed by atoms with E-state index in [1.165, 1.54) is 24.3 Å². The van der Waals surface area contributed by atoms with Crippen molar-refractivity contribution in [2.45, 2.75) is 19.5 Å². The van der Waals surface area contributed by atoms with Crippen molar-refractivity contribution in [3.63, 3.8) is 0 Å². The van der Waals surface area contributed by atoms with Gasteiger partial charge in [-0.3, -0.25) is 0 Å². The maximum atomic E-state index is 2.46. The lowest BCUT2D eigenvalue weighted by atomic mass is 10.2. The Kier molecular flexibility index (Phi) is 6.97. The smallest absolute Gasteiger partial charge is 0.0837 e. The number of halogens is 1. The molecule has 0 unspecified atom stereocenters. The van der Waals surface area contributed by atoms with E-state index in [4.69, 9.17) is 0 Å². The summed E-state index contributed by atoms with van der Waals surface area (Å²) < 4.78 is 0. The first-order chi connectivity index (χ1) is 6.14. The molecule has 0 aliphatic carbocycles. The van der Waals surface area contributed by atoms with Gasteiger partial charge in [-0.15, -0.1) is 0 Å². The van der Waals surface area contributed by atoms with Gasteiger partial charge in [0.05, 0.1) is 12.3 Å². The molecule has 14 heavy (non-hydrogen) atoms. The first-order valence-corrected chi connectivity index (χ1v) is 8.05. The second kappa shape index (κ2) is 6.79. The summed E-state index contributed by atoms with van der Waals surface area (Å²) in [4.78, 5) is 0. The van der Waals surface area contributed by atoms with Gasteiger partial charge in [0.1, 0.15) is 0 Å². The Morgan fingerprint density at radius 3 is 2.14 bits per heavy atom. The van der Waals surface area contributed by atoms with E-state index >= 15 is 0 Å². The predicted octanol–water partition coefficient (Wildman–Crippen LogP) is 0.878. The fourth-order valence-corrected chi connectivity index (χ4v) is 4.33. The molecule has 0 aliphatic rings. The number of hydrogen-bond donors (Lipinski definition) is 0. The van der Waals surface area contributed by atoms with Crippen LogP contribution in [0.2, 0.25) is 0 Å². The summed E-state index contributed by atoms with van der Waals surface area (Å²) in [6.45, 7) is 7.21. The van der Waals surface area contributed by atoms with Crippen LogP contribution < -0.4 is 24.0 Å². The van der Waals surface area contributed by atoms with E-state index in [9.17, 15) is 0 Å². The van der Waals surface area contributed by atoms with Crippen LogP contribution in [0.3, 0.4) is 0 Å². The number of rotatable bonds is 4. The third-order valence-corrected chi connectivity index (χ3v) is 5.16. The maximum Gasteiger partial charge on any atom is 0.0837 e. The Morgan fingerprint density at radius 1 is 1.07 bits per heavy atom. The third kappa shape index (κ3) is 5.31.